The fraction of sp³-hybridized carbons (Fsp3) is 0.700. The molecule has 0 saturated carbocycles. The van der Waals surface area contributed by atoms with Crippen LogP contribution in [0.5, 0.6) is 0 Å². The van der Waals surface area contributed by atoms with Crippen LogP contribution in [0.25, 0.3) is 0 Å². The fourth-order valence-corrected chi connectivity index (χ4v) is 1.19. The monoisotopic (exact) mass is 210 g/mol. The van der Waals surface area contributed by atoms with E-state index in [0.29, 0.717) is 5.82 Å². The average molecular weight is 210 g/mol. The summed E-state index contributed by atoms with van der Waals surface area (Å²) in [5.74, 6) is 0.674. The van der Waals surface area contributed by atoms with Gasteiger partial charge >= 0.3 is 0 Å². The highest BCUT2D eigenvalue weighted by Gasteiger charge is 2.23. The molecule has 84 valence electrons. The van der Waals surface area contributed by atoms with Gasteiger partial charge in [0.2, 0.25) is 0 Å². The first-order chi connectivity index (χ1) is 6.95. The molecule has 5 heteroatoms. The van der Waals surface area contributed by atoms with E-state index in [1.54, 1.807) is 18.5 Å². The van der Waals surface area contributed by atoms with E-state index in [4.69, 9.17) is 5.73 Å². The summed E-state index contributed by atoms with van der Waals surface area (Å²) in [6.45, 7) is 6.25. The molecule has 1 aromatic heterocycles. The maximum atomic E-state index is 11.7. The van der Waals surface area contributed by atoms with Crippen molar-refractivity contribution in [2.75, 3.05) is 0 Å². The largest absolute Gasteiger partial charge is 0.319 e. The van der Waals surface area contributed by atoms with Crippen molar-refractivity contribution < 1.29 is 4.79 Å². The highest BCUT2D eigenvalue weighted by atomic mass is 16.1. The molecule has 1 rings (SSSR count). The van der Waals surface area contributed by atoms with E-state index in [1.807, 2.05) is 0 Å². The number of aromatic nitrogens is 3. The SMILES string of the molecule is CCCn1ncnc1CC(=O)C(C)(C)N. The molecule has 0 fully saturated rings. The van der Waals surface area contributed by atoms with Gasteiger partial charge in [-0.15, -0.1) is 0 Å². The summed E-state index contributed by atoms with van der Waals surface area (Å²) in [5.41, 5.74) is 4.91. The van der Waals surface area contributed by atoms with Gasteiger partial charge in [-0.2, -0.15) is 5.10 Å². The van der Waals surface area contributed by atoms with Crippen LogP contribution in [0.2, 0.25) is 0 Å². The van der Waals surface area contributed by atoms with Gasteiger partial charge in [0, 0.05) is 6.54 Å². The number of nitrogens with zero attached hydrogens (tertiary/aromatic N) is 3. The van der Waals surface area contributed by atoms with Gasteiger partial charge in [-0.1, -0.05) is 6.92 Å². The molecule has 0 spiro atoms. The zero-order valence-electron chi connectivity index (χ0n) is 9.53. The van der Waals surface area contributed by atoms with Crippen molar-refractivity contribution in [2.45, 2.75) is 45.7 Å². The van der Waals surface area contributed by atoms with E-state index in [9.17, 15) is 4.79 Å². The van der Waals surface area contributed by atoms with Crippen molar-refractivity contribution in [3.63, 3.8) is 0 Å². The Kier molecular flexibility index (Phi) is 3.57. The normalized spacial score (nSPS) is 11.7. The molecule has 0 aliphatic heterocycles. The highest BCUT2D eigenvalue weighted by molar-refractivity contribution is 5.88. The number of carbonyl (C=O) groups excluding carboxylic acids is 1. The molecule has 1 heterocycles. The molecule has 0 saturated heterocycles. The summed E-state index contributed by atoms with van der Waals surface area (Å²) in [5, 5.41) is 4.05. The van der Waals surface area contributed by atoms with Gasteiger partial charge in [-0.25, -0.2) is 9.67 Å². The quantitative estimate of drug-likeness (QED) is 0.769. The van der Waals surface area contributed by atoms with Gasteiger partial charge in [0.15, 0.2) is 5.78 Å². The van der Waals surface area contributed by atoms with Gasteiger partial charge in [0.1, 0.15) is 12.2 Å². The third-order valence-corrected chi connectivity index (χ3v) is 2.17. The van der Waals surface area contributed by atoms with E-state index < -0.39 is 5.54 Å². The highest BCUT2D eigenvalue weighted by Crippen LogP contribution is 2.05. The summed E-state index contributed by atoms with van der Waals surface area (Å²) in [6.07, 6.45) is 2.70. The molecule has 0 unspecified atom stereocenters. The first-order valence-electron chi connectivity index (χ1n) is 5.14. The summed E-state index contributed by atoms with van der Waals surface area (Å²) < 4.78 is 1.75. The molecule has 0 atom stereocenters. The standard InChI is InChI=1S/C10H18N4O/c1-4-5-14-9(12-7-13-14)6-8(15)10(2,3)11/h7H,4-6,11H2,1-3H3. The summed E-state index contributed by atoms with van der Waals surface area (Å²) in [6, 6.07) is 0. The van der Waals surface area contributed by atoms with Crippen LogP contribution < -0.4 is 5.73 Å². The molecule has 0 aliphatic carbocycles. The van der Waals surface area contributed by atoms with Gasteiger partial charge in [-0.3, -0.25) is 4.79 Å². The lowest BCUT2D eigenvalue weighted by molar-refractivity contribution is -0.122. The van der Waals surface area contributed by atoms with Crippen LogP contribution >= 0.6 is 0 Å². The molecule has 0 radical (unpaired) electrons. The van der Waals surface area contributed by atoms with Crippen molar-refractivity contribution in [3.8, 4) is 0 Å². The first kappa shape index (κ1) is 11.8. The smallest absolute Gasteiger partial charge is 0.159 e. The Bertz CT molecular complexity index is 337. The predicted octanol–water partition coefficient (Wildman–Crippen LogP) is 0.537. The number of hydrogen-bond donors (Lipinski definition) is 1. The zero-order chi connectivity index (χ0) is 11.5. The molecule has 2 N–H and O–H groups in total. The summed E-state index contributed by atoms with van der Waals surface area (Å²) in [4.78, 5) is 15.7. The lowest BCUT2D eigenvalue weighted by Gasteiger charge is -2.16. The van der Waals surface area contributed by atoms with E-state index >= 15 is 0 Å². The van der Waals surface area contributed by atoms with Gasteiger partial charge in [-0.05, 0) is 20.3 Å². The van der Waals surface area contributed by atoms with Crippen LogP contribution in [0.4, 0.5) is 0 Å². The van der Waals surface area contributed by atoms with Crippen LogP contribution in [0.15, 0.2) is 6.33 Å². The Balaban J connectivity index is 2.72. The predicted molar refractivity (Wildman–Crippen MR) is 57.3 cm³/mol. The Hall–Kier alpha value is -1.23. The molecule has 0 amide bonds. The Morgan fingerprint density at radius 3 is 2.80 bits per heavy atom. The zero-order valence-corrected chi connectivity index (χ0v) is 9.53. The third kappa shape index (κ3) is 3.13. The lowest BCUT2D eigenvalue weighted by Crippen LogP contribution is -2.42. The van der Waals surface area contributed by atoms with Crippen molar-refractivity contribution in [1.29, 1.82) is 0 Å². The summed E-state index contributed by atoms with van der Waals surface area (Å²) >= 11 is 0. The second-order valence-corrected chi connectivity index (χ2v) is 4.22. The van der Waals surface area contributed by atoms with E-state index in [-0.39, 0.29) is 12.2 Å². The number of Topliss-reactive ketones (excluding diaryl/α,β-unsaturated/α-hetero) is 1. The topological polar surface area (TPSA) is 73.8 Å². The molecule has 1 aromatic rings. The lowest BCUT2D eigenvalue weighted by atomic mass is 9.98. The first-order valence-corrected chi connectivity index (χ1v) is 5.14. The van der Waals surface area contributed by atoms with Crippen LogP contribution in [0.3, 0.4) is 0 Å². The molecular weight excluding hydrogens is 192 g/mol. The number of ketones is 1. The average Bonchev–Trinajstić information content (AvgIpc) is 2.52. The van der Waals surface area contributed by atoms with Crippen LogP contribution in [0.1, 0.15) is 33.0 Å². The van der Waals surface area contributed by atoms with Crippen molar-refractivity contribution in [1.82, 2.24) is 14.8 Å². The van der Waals surface area contributed by atoms with E-state index in [0.717, 1.165) is 13.0 Å². The van der Waals surface area contributed by atoms with E-state index in [2.05, 4.69) is 17.0 Å². The minimum atomic E-state index is -0.803. The van der Waals surface area contributed by atoms with Crippen molar-refractivity contribution in [3.05, 3.63) is 12.2 Å². The second-order valence-electron chi connectivity index (χ2n) is 4.22. The Morgan fingerprint density at radius 1 is 1.60 bits per heavy atom. The minimum absolute atomic E-state index is 0.0205. The van der Waals surface area contributed by atoms with Gasteiger partial charge in [0.25, 0.3) is 0 Å². The molecular formula is C10H18N4O. The Morgan fingerprint density at radius 2 is 2.27 bits per heavy atom. The molecule has 15 heavy (non-hydrogen) atoms. The Labute approximate surface area is 89.7 Å². The summed E-state index contributed by atoms with van der Waals surface area (Å²) in [7, 11) is 0. The van der Waals surface area contributed by atoms with E-state index in [1.165, 1.54) is 6.33 Å². The maximum absolute atomic E-state index is 11.7. The van der Waals surface area contributed by atoms with Crippen molar-refractivity contribution >= 4 is 5.78 Å². The molecule has 0 aliphatic rings. The molecule has 0 aromatic carbocycles. The molecule has 0 bridgehead atoms. The number of hydrogen-bond acceptors (Lipinski definition) is 4. The molecule has 5 nitrogen and oxygen atoms in total. The van der Waals surface area contributed by atoms with Crippen molar-refractivity contribution in [2.24, 2.45) is 5.73 Å². The number of nitrogens with two attached hydrogens (primary N) is 1. The van der Waals surface area contributed by atoms with Crippen LogP contribution in [-0.2, 0) is 17.8 Å². The number of carbonyl (C=O) groups is 1. The minimum Gasteiger partial charge on any atom is -0.319 e. The van der Waals surface area contributed by atoms with Gasteiger partial charge in [0.05, 0.1) is 12.0 Å². The second kappa shape index (κ2) is 4.53. The number of aryl methyl sites for hydroxylation is 1. The third-order valence-electron chi connectivity index (χ3n) is 2.17. The van der Waals surface area contributed by atoms with Gasteiger partial charge < -0.3 is 5.73 Å². The van der Waals surface area contributed by atoms with Crippen LogP contribution in [0, 0.1) is 0 Å². The maximum Gasteiger partial charge on any atom is 0.159 e. The van der Waals surface area contributed by atoms with Crippen LogP contribution in [-0.4, -0.2) is 26.1 Å². The number of rotatable bonds is 5. The fourth-order valence-electron chi connectivity index (χ4n) is 1.19.